The Morgan fingerprint density at radius 2 is 2.05 bits per heavy atom. The van der Waals surface area contributed by atoms with E-state index in [9.17, 15) is 9.59 Å². The van der Waals surface area contributed by atoms with Crippen LogP contribution in [0.3, 0.4) is 0 Å². The molecule has 0 radical (unpaired) electrons. The normalized spacial score (nSPS) is 9.84. The van der Waals surface area contributed by atoms with Crippen molar-refractivity contribution in [2.45, 2.75) is 6.92 Å². The Labute approximate surface area is 112 Å². The third-order valence-corrected chi connectivity index (χ3v) is 2.49. The number of nitrogens with zero attached hydrogens (tertiary/aromatic N) is 1. The standard InChI is InChI=1S/C13H19N3O3/c1-4-19-11-6-9(5-10(14)7-11)13(18)16(3)8-12(17)15-2/h5-7H,4,8,14H2,1-3H3,(H,15,17). The minimum atomic E-state index is -0.281. The molecule has 1 rings (SSSR count). The maximum absolute atomic E-state index is 12.1. The highest BCUT2D eigenvalue weighted by Crippen LogP contribution is 2.19. The summed E-state index contributed by atoms with van der Waals surface area (Å²) in [6.07, 6.45) is 0. The van der Waals surface area contributed by atoms with Crippen molar-refractivity contribution < 1.29 is 14.3 Å². The number of nitrogens with one attached hydrogen (secondary N) is 1. The van der Waals surface area contributed by atoms with Crippen LogP contribution >= 0.6 is 0 Å². The lowest BCUT2D eigenvalue weighted by Crippen LogP contribution is -2.36. The minimum Gasteiger partial charge on any atom is -0.494 e. The molecule has 1 aromatic carbocycles. The fourth-order valence-corrected chi connectivity index (χ4v) is 1.58. The topological polar surface area (TPSA) is 84.7 Å². The SMILES string of the molecule is CCOc1cc(N)cc(C(=O)N(C)CC(=O)NC)c1. The van der Waals surface area contributed by atoms with Gasteiger partial charge in [0.15, 0.2) is 0 Å². The van der Waals surface area contributed by atoms with Gasteiger partial charge >= 0.3 is 0 Å². The molecule has 0 aliphatic heterocycles. The van der Waals surface area contributed by atoms with Crippen molar-refractivity contribution >= 4 is 17.5 Å². The zero-order valence-electron chi connectivity index (χ0n) is 11.4. The molecule has 0 aromatic heterocycles. The molecule has 3 N–H and O–H groups in total. The lowest BCUT2D eigenvalue weighted by atomic mass is 10.1. The molecule has 19 heavy (non-hydrogen) atoms. The van der Waals surface area contributed by atoms with Crippen LogP contribution in [0.25, 0.3) is 0 Å². The summed E-state index contributed by atoms with van der Waals surface area (Å²) in [7, 11) is 3.08. The summed E-state index contributed by atoms with van der Waals surface area (Å²) in [6.45, 7) is 2.33. The van der Waals surface area contributed by atoms with E-state index in [1.54, 1.807) is 25.2 Å². The smallest absolute Gasteiger partial charge is 0.254 e. The average Bonchev–Trinajstić information content (AvgIpc) is 2.37. The van der Waals surface area contributed by atoms with E-state index in [1.165, 1.54) is 11.9 Å². The minimum absolute atomic E-state index is 0.00585. The van der Waals surface area contributed by atoms with Crippen LogP contribution in [0.1, 0.15) is 17.3 Å². The maximum Gasteiger partial charge on any atom is 0.254 e. The van der Waals surface area contributed by atoms with E-state index >= 15 is 0 Å². The van der Waals surface area contributed by atoms with Crippen molar-refractivity contribution in [2.75, 3.05) is 33.0 Å². The molecule has 0 atom stereocenters. The van der Waals surface area contributed by atoms with Gasteiger partial charge in [0.25, 0.3) is 5.91 Å². The number of benzene rings is 1. The molecule has 1 aromatic rings. The Bertz CT molecular complexity index is 474. The van der Waals surface area contributed by atoms with E-state index in [-0.39, 0.29) is 18.4 Å². The van der Waals surface area contributed by atoms with Crippen molar-refractivity contribution in [1.29, 1.82) is 0 Å². The van der Waals surface area contributed by atoms with Crippen LogP contribution in [-0.2, 0) is 4.79 Å². The Balaban J connectivity index is 2.89. The van der Waals surface area contributed by atoms with Crippen LogP contribution in [0.2, 0.25) is 0 Å². The maximum atomic E-state index is 12.1. The van der Waals surface area contributed by atoms with Gasteiger partial charge in [-0.1, -0.05) is 0 Å². The molecule has 0 fully saturated rings. The summed E-state index contributed by atoms with van der Waals surface area (Å²) in [4.78, 5) is 24.7. The number of ether oxygens (including phenoxy) is 1. The van der Waals surface area contributed by atoms with E-state index in [0.29, 0.717) is 23.6 Å². The van der Waals surface area contributed by atoms with Gasteiger partial charge in [0.2, 0.25) is 5.91 Å². The Morgan fingerprint density at radius 1 is 1.37 bits per heavy atom. The Morgan fingerprint density at radius 3 is 2.63 bits per heavy atom. The van der Waals surface area contributed by atoms with Gasteiger partial charge < -0.3 is 20.7 Å². The number of amides is 2. The van der Waals surface area contributed by atoms with Crippen molar-refractivity contribution in [3.05, 3.63) is 23.8 Å². The van der Waals surface area contributed by atoms with Gasteiger partial charge in [-0.25, -0.2) is 0 Å². The second-order valence-corrected chi connectivity index (χ2v) is 4.06. The summed E-state index contributed by atoms with van der Waals surface area (Å²) in [5, 5.41) is 2.46. The monoisotopic (exact) mass is 265 g/mol. The van der Waals surface area contributed by atoms with Gasteiger partial charge in [0, 0.05) is 31.4 Å². The number of rotatable bonds is 5. The van der Waals surface area contributed by atoms with Gasteiger partial charge in [0.1, 0.15) is 5.75 Å². The van der Waals surface area contributed by atoms with Crippen molar-refractivity contribution in [2.24, 2.45) is 0 Å². The highest BCUT2D eigenvalue weighted by molar-refractivity contribution is 5.97. The first-order valence-corrected chi connectivity index (χ1v) is 5.97. The number of anilines is 1. The van der Waals surface area contributed by atoms with Gasteiger partial charge in [-0.05, 0) is 19.1 Å². The molecule has 104 valence electrons. The summed E-state index contributed by atoms with van der Waals surface area (Å²) in [5.74, 6) is 0.0285. The number of likely N-dealkylation sites (N-methyl/N-ethyl adjacent to an activating group) is 2. The number of nitrogen functional groups attached to an aromatic ring is 1. The fraction of sp³-hybridized carbons (Fsp3) is 0.385. The molecule has 0 bridgehead atoms. The molecule has 0 saturated carbocycles. The highest BCUT2D eigenvalue weighted by atomic mass is 16.5. The van der Waals surface area contributed by atoms with Gasteiger partial charge in [-0.2, -0.15) is 0 Å². The quantitative estimate of drug-likeness (QED) is 0.759. The molecule has 0 aliphatic carbocycles. The molecule has 0 unspecified atom stereocenters. The molecule has 6 nitrogen and oxygen atoms in total. The number of carbonyl (C=O) groups is 2. The number of nitrogens with two attached hydrogens (primary N) is 1. The third-order valence-electron chi connectivity index (χ3n) is 2.49. The molecule has 0 saturated heterocycles. The van der Waals surface area contributed by atoms with Crippen LogP contribution < -0.4 is 15.8 Å². The molecule has 2 amide bonds. The second kappa shape index (κ2) is 6.63. The van der Waals surface area contributed by atoms with E-state index in [0.717, 1.165) is 0 Å². The first kappa shape index (κ1) is 14.8. The molecule has 6 heteroatoms. The zero-order valence-corrected chi connectivity index (χ0v) is 11.4. The highest BCUT2D eigenvalue weighted by Gasteiger charge is 2.15. The predicted molar refractivity (Wildman–Crippen MR) is 73.1 cm³/mol. The largest absolute Gasteiger partial charge is 0.494 e. The number of hydrogen-bond donors (Lipinski definition) is 2. The van der Waals surface area contributed by atoms with E-state index < -0.39 is 0 Å². The first-order valence-electron chi connectivity index (χ1n) is 5.97. The lowest BCUT2D eigenvalue weighted by Gasteiger charge is -2.17. The van der Waals surface area contributed by atoms with E-state index in [1.807, 2.05) is 6.92 Å². The molecule has 0 heterocycles. The van der Waals surface area contributed by atoms with Crippen LogP contribution in [-0.4, -0.2) is 44.0 Å². The van der Waals surface area contributed by atoms with Gasteiger partial charge in [0.05, 0.1) is 13.2 Å². The van der Waals surface area contributed by atoms with Crippen LogP contribution in [0.15, 0.2) is 18.2 Å². The zero-order chi connectivity index (χ0) is 14.4. The van der Waals surface area contributed by atoms with Crippen molar-refractivity contribution in [1.82, 2.24) is 10.2 Å². The predicted octanol–water partition coefficient (Wildman–Crippen LogP) is 0.486. The molecular formula is C13H19N3O3. The Kier molecular flexibility index (Phi) is 5.17. The van der Waals surface area contributed by atoms with Crippen molar-refractivity contribution in [3.8, 4) is 5.75 Å². The van der Waals surface area contributed by atoms with E-state index in [2.05, 4.69) is 5.32 Å². The Hall–Kier alpha value is -2.24. The van der Waals surface area contributed by atoms with E-state index in [4.69, 9.17) is 10.5 Å². The number of carbonyl (C=O) groups excluding carboxylic acids is 2. The second-order valence-electron chi connectivity index (χ2n) is 4.06. The lowest BCUT2D eigenvalue weighted by molar-refractivity contribution is -0.121. The van der Waals surface area contributed by atoms with Crippen LogP contribution in [0.4, 0.5) is 5.69 Å². The molecular weight excluding hydrogens is 246 g/mol. The third kappa shape index (κ3) is 4.17. The average molecular weight is 265 g/mol. The number of hydrogen-bond acceptors (Lipinski definition) is 4. The van der Waals surface area contributed by atoms with Crippen molar-refractivity contribution in [3.63, 3.8) is 0 Å². The molecule has 0 spiro atoms. The summed E-state index contributed by atoms with van der Waals surface area (Å²) in [6, 6.07) is 4.83. The summed E-state index contributed by atoms with van der Waals surface area (Å²) < 4.78 is 5.33. The van der Waals surface area contributed by atoms with Crippen LogP contribution in [0.5, 0.6) is 5.75 Å². The van der Waals surface area contributed by atoms with Gasteiger partial charge in [-0.15, -0.1) is 0 Å². The molecule has 0 aliphatic rings. The van der Waals surface area contributed by atoms with Gasteiger partial charge in [-0.3, -0.25) is 9.59 Å². The first-order chi connectivity index (χ1) is 8.97. The summed E-state index contributed by atoms with van der Waals surface area (Å²) >= 11 is 0. The summed E-state index contributed by atoms with van der Waals surface area (Å²) in [5.41, 5.74) is 6.57. The fourth-order valence-electron chi connectivity index (χ4n) is 1.58. The van der Waals surface area contributed by atoms with Crippen LogP contribution in [0, 0.1) is 0 Å².